The van der Waals surface area contributed by atoms with Crippen LogP contribution in [0, 0.1) is 18.3 Å². The molecule has 3 nitrogen and oxygen atoms in total. The SMILES string of the molecule is Cc1ccc(C2CC(C(=N)N)CCN2)cc1. The highest BCUT2D eigenvalue weighted by Crippen LogP contribution is 2.27. The number of benzene rings is 1. The molecule has 86 valence electrons. The normalized spacial score (nSPS) is 25.3. The molecule has 1 heterocycles. The van der Waals surface area contributed by atoms with Crippen molar-refractivity contribution >= 4 is 5.84 Å². The molecule has 1 aliphatic rings. The molecule has 1 aromatic rings. The van der Waals surface area contributed by atoms with Crippen LogP contribution in [-0.4, -0.2) is 12.4 Å². The predicted molar refractivity (Wildman–Crippen MR) is 66.6 cm³/mol. The third-order valence-electron chi connectivity index (χ3n) is 3.32. The van der Waals surface area contributed by atoms with Gasteiger partial charge in [0.05, 0.1) is 5.84 Å². The Bertz CT molecular complexity index is 369. The average molecular weight is 217 g/mol. The van der Waals surface area contributed by atoms with E-state index >= 15 is 0 Å². The maximum atomic E-state index is 7.53. The van der Waals surface area contributed by atoms with Crippen molar-refractivity contribution in [2.24, 2.45) is 11.7 Å². The first-order valence-corrected chi connectivity index (χ1v) is 5.80. The van der Waals surface area contributed by atoms with Crippen molar-refractivity contribution in [1.82, 2.24) is 5.32 Å². The van der Waals surface area contributed by atoms with Crippen molar-refractivity contribution in [2.75, 3.05) is 6.54 Å². The lowest BCUT2D eigenvalue weighted by Gasteiger charge is -2.30. The van der Waals surface area contributed by atoms with Crippen LogP contribution in [0.5, 0.6) is 0 Å². The van der Waals surface area contributed by atoms with E-state index in [1.54, 1.807) is 0 Å². The Balaban J connectivity index is 2.09. The van der Waals surface area contributed by atoms with Gasteiger partial charge in [0.25, 0.3) is 0 Å². The zero-order valence-electron chi connectivity index (χ0n) is 9.66. The topological polar surface area (TPSA) is 61.9 Å². The van der Waals surface area contributed by atoms with E-state index < -0.39 is 0 Å². The van der Waals surface area contributed by atoms with Gasteiger partial charge >= 0.3 is 0 Å². The summed E-state index contributed by atoms with van der Waals surface area (Å²) in [5.41, 5.74) is 8.17. The molecule has 4 N–H and O–H groups in total. The number of nitrogens with one attached hydrogen (secondary N) is 2. The van der Waals surface area contributed by atoms with Gasteiger partial charge in [-0.05, 0) is 31.9 Å². The van der Waals surface area contributed by atoms with Gasteiger partial charge in [-0.1, -0.05) is 29.8 Å². The highest BCUT2D eigenvalue weighted by atomic mass is 14.9. The summed E-state index contributed by atoms with van der Waals surface area (Å²) in [7, 11) is 0. The van der Waals surface area contributed by atoms with E-state index in [2.05, 4.69) is 36.5 Å². The Hall–Kier alpha value is -1.35. The molecule has 16 heavy (non-hydrogen) atoms. The first-order valence-electron chi connectivity index (χ1n) is 5.80. The smallest absolute Gasteiger partial charge is 0.0938 e. The van der Waals surface area contributed by atoms with Crippen LogP contribution in [0.15, 0.2) is 24.3 Å². The summed E-state index contributed by atoms with van der Waals surface area (Å²) in [6, 6.07) is 8.94. The molecule has 0 bridgehead atoms. The molecular weight excluding hydrogens is 198 g/mol. The molecule has 1 aromatic carbocycles. The summed E-state index contributed by atoms with van der Waals surface area (Å²) in [5.74, 6) is 0.575. The molecule has 3 heteroatoms. The fraction of sp³-hybridized carbons (Fsp3) is 0.462. The van der Waals surface area contributed by atoms with Gasteiger partial charge in [0.2, 0.25) is 0 Å². The van der Waals surface area contributed by atoms with Gasteiger partial charge in [0, 0.05) is 12.0 Å². The monoisotopic (exact) mass is 217 g/mol. The molecule has 0 spiro atoms. The van der Waals surface area contributed by atoms with E-state index in [-0.39, 0.29) is 5.92 Å². The molecular formula is C13H19N3. The van der Waals surface area contributed by atoms with Crippen molar-refractivity contribution in [1.29, 1.82) is 5.41 Å². The van der Waals surface area contributed by atoms with Crippen LogP contribution >= 0.6 is 0 Å². The number of hydrogen-bond donors (Lipinski definition) is 3. The lowest BCUT2D eigenvalue weighted by Crippen LogP contribution is -2.37. The van der Waals surface area contributed by atoms with E-state index in [4.69, 9.17) is 11.1 Å². The van der Waals surface area contributed by atoms with Gasteiger partial charge in [0.15, 0.2) is 0 Å². The van der Waals surface area contributed by atoms with Crippen molar-refractivity contribution in [3.8, 4) is 0 Å². The number of rotatable bonds is 2. The summed E-state index contributed by atoms with van der Waals surface area (Å²) in [6.07, 6.45) is 1.93. The highest BCUT2D eigenvalue weighted by Gasteiger charge is 2.24. The molecule has 1 saturated heterocycles. The van der Waals surface area contributed by atoms with E-state index in [1.807, 2.05) is 0 Å². The summed E-state index contributed by atoms with van der Waals surface area (Å²) in [5, 5.41) is 11.0. The summed E-state index contributed by atoms with van der Waals surface area (Å²) in [6.45, 7) is 3.04. The Morgan fingerprint density at radius 3 is 2.69 bits per heavy atom. The molecule has 0 radical (unpaired) electrons. The van der Waals surface area contributed by atoms with Crippen LogP contribution in [0.1, 0.15) is 30.0 Å². The van der Waals surface area contributed by atoms with Crippen molar-refractivity contribution in [2.45, 2.75) is 25.8 Å². The van der Waals surface area contributed by atoms with Crippen LogP contribution in [0.25, 0.3) is 0 Å². The van der Waals surface area contributed by atoms with Gasteiger partial charge in [-0.15, -0.1) is 0 Å². The number of piperidine rings is 1. The van der Waals surface area contributed by atoms with Gasteiger partial charge < -0.3 is 11.1 Å². The summed E-state index contributed by atoms with van der Waals surface area (Å²) >= 11 is 0. The molecule has 0 saturated carbocycles. The van der Waals surface area contributed by atoms with Gasteiger partial charge in [-0.3, -0.25) is 5.41 Å². The maximum absolute atomic E-state index is 7.53. The molecule has 1 fully saturated rings. The van der Waals surface area contributed by atoms with E-state index in [9.17, 15) is 0 Å². The largest absolute Gasteiger partial charge is 0.387 e. The fourth-order valence-corrected chi connectivity index (χ4v) is 2.25. The first-order chi connectivity index (χ1) is 7.66. The summed E-state index contributed by atoms with van der Waals surface area (Å²) in [4.78, 5) is 0. The zero-order chi connectivity index (χ0) is 11.5. The van der Waals surface area contributed by atoms with Crippen molar-refractivity contribution in [3.63, 3.8) is 0 Å². The minimum Gasteiger partial charge on any atom is -0.387 e. The molecule has 2 unspecified atom stereocenters. The van der Waals surface area contributed by atoms with Gasteiger partial charge in [-0.25, -0.2) is 0 Å². The van der Waals surface area contributed by atoms with Crippen molar-refractivity contribution < 1.29 is 0 Å². The molecule has 0 aliphatic carbocycles. The third-order valence-corrected chi connectivity index (χ3v) is 3.32. The quantitative estimate of drug-likeness (QED) is 0.524. The Labute approximate surface area is 96.6 Å². The zero-order valence-corrected chi connectivity index (χ0v) is 9.66. The predicted octanol–water partition coefficient (Wildman–Crippen LogP) is 1.97. The Kier molecular flexibility index (Phi) is 3.25. The minimum absolute atomic E-state index is 0.243. The lowest BCUT2D eigenvalue weighted by atomic mass is 9.88. The third kappa shape index (κ3) is 2.42. The minimum atomic E-state index is 0.243. The second kappa shape index (κ2) is 4.66. The molecule has 0 amide bonds. The lowest BCUT2D eigenvalue weighted by molar-refractivity contribution is 0.363. The molecule has 1 aliphatic heterocycles. The molecule has 2 rings (SSSR count). The highest BCUT2D eigenvalue weighted by molar-refractivity contribution is 5.79. The maximum Gasteiger partial charge on any atom is 0.0938 e. The van der Waals surface area contributed by atoms with Gasteiger partial charge in [0.1, 0.15) is 0 Å². The number of amidine groups is 1. The van der Waals surface area contributed by atoms with Crippen molar-refractivity contribution in [3.05, 3.63) is 35.4 Å². The molecule has 0 aromatic heterocycles. The second-order valence-corrected chi connectivity index (χ2v) is 4.59. The van der Waals surface area contributed by atoms with Crippen LogP contribution < -0.4 is 11.1 Å². The number of aryl methyl sites for hydroxylation is 1. The second-order valence-electron chi connectivity index (χ2n) is 4.59. The Morgan fingerprint density at radius 1 is 1.38 bits per heavy atom. The van der Waals surface area contributed by atoms with Crippen LogP contribution in [0.2, 0.25) is 0 Å². The number of nitrogens with two attached hydrogens (primary N) is 1. The standard InChI is InChI=1S/C13H19N3/c1-9-2-4-10(5-3-9)12-8-11(13(14)15)6-7-16-12/h2-5,11-12,16H,6-8H2,1H3,(H3,14,15). The van der Waals surface area contributed by atoms with E-state index in [0.29, 0.717) is 11.9 Å². The summed E-state index contributed by atoms with van der Waals surface area (Å²) < 4.78 is 0. The molecule has 2 atom stereocenters. The van der Waals surface area contributed by atoms with Crippen LogP contribution in [0.4, 0.5) is 0 Å². The van der Waals surface area contributed by atoms with E-state index in [0.717, 1.165) is 19.4 Å². The number of hydrogen-bond acceptors (Lipinski definition) is 2. The fourth-order valence-electron chi connectivity index (χ4n) is 2.25. The Morgan fingerprint density at radius 2 is 2.06 bits per heavy atom. The van der Waals surface area contributed by atoms with E-state index in [1.165, 1.54) is 11.1 Å². The first kappa shape index (κ1) is 11.1. The van der Waals surface area contributed by atoms with Crippen LogP contribution in [0.3, 0.4) is 0 Å². The van der Waals surface area contributed by atoms with Gasteiger partial charge in [-0.2, -0.15) is 0 Å². The average Bonchev–Trinajstić information content (AvgIpc) is 2.30. The van der Waals surface area contributed by atoms with Crippen LogP contribution in [-0.2, 0) is 0 Å².